The van der Waals surface area contributed by atoms with E-state index in [1.54, 1.807) is 7.11 Å². The van der Waals surface area contributed by atoms with Crippen molar-refractivity contribution < 1.29 is 4.74 Å². The molecule has 0 radical (unpaired) electrons. The van der Waals surface area contributed by atoms with Crippen molar-refractivity contribution in [2.24, 2.45) is 0 Å². The highest BCUT2D eigenvalue weighted by atomic mass is 16.5. The van der Waals surface area contributed by atoms with Gasteiger partial charge >= 0.3 is 0 Å². The smallest absolute Gasteiger partial charge is 0.141 e. The Hall–Kier alpha value is -2.54. The molecule has 0 fully saturated rings. The minimum Gasteiger partial charge on any atom is -0.496 e. The summed E-state index contributed by atoms with van der Waals surface area (Å²) in [6.45, 7) is 3.93. The largest absolute Gasteiger partial charge is 0.496 e. The average Bonchev–Trinajstić information content (AvgIpc) is 2.79. The van der Waals surface area contributed by atoms with Crippen molar-refractivity contribution >= 4 is 21.8 Å². The van der Waals surface area contributed by atoms with Gasteiger partial charge in [-0.05, 0) is 32.0 Å². The number of rotatable bonds is 1. The molecule has 0 atom stereocenters. The van der Waals surface area contributed by atoms with E-state index in [2.05, 4.69) is 16.0 Å². The summed E-state index contributed by atoms with van der Waals surface area (Å²) in [6, 6.07) is 7.87. The predicted molar refractivity (Wildman–Crippen MR) is 74.3 cm³/mol. The molecule has 0 amide bonds. The van der Waals surface area contributed by atoms with Crippen LogP contribution in [0.15, 0.2) is 18.2 Å². The summed E-state index contributed by atoms with van der Waals surface area (Å²) < 4.78 is 5.36. The topological polar surface area (TPSA) is 61.7 Å². The first-order valence-electron chi connectivity index (χ1n) is 6.02. The molecule has 0 bridgehead atoms. The van der Waals surface area contributed by atoms with Crippen LogP contribution in [0.25, 0.3) is 21.8 Å². The molecular weight excluding hydrogens is 238 g/mol. The number of hydrogen-bond donors (Lipinski definition) is 1. The van der Waals surface area contributed by atoms with Crippen LogP contribution >= 0.6 is 0 Å². The lowest BCUT2D eigenvalue weighted by Crippen LogP contribution is -1.88. The van der Waals surface area contributed by atoms with E-state index in [0.29, 0.717) is 5.69 Å². The van der Waals surface area contributed by atoms with Gasteiger partial charge in [-0.1, -0.05) is 0 Å². The summed E-state index contributed by atoms with van der Waals surface area (Å²) in [5.41, 5.74) is 4.36. The normalized spacial score (nSPS) is 10.8. The molecule has 2 heterocycles. The fourth-order valence-electron chi connectivity index (χ4n) is 2.58. The zero-order chi connectivity index (χ0) is 13.6. The maximum atomic E-state index is 9.05. The molecule has 0 saturated carbocycles. The Morgan fingerprint density at radius 1 is 1.32 bits per heavy atom. The number of aryl methyl sites for hydroxylation is 2. The van der Waals surface area contributed by atoms with Crippen LogP contribution in [0.4, 0.5) is 0 Å². The zero-order valence-corrected chi connectivity index (χ0v) is 11.0. The second kappa shape index (κ2) is 3.99. The Kier molecular flexibility index (Phi) is 2.42. The number of methoxy groups -OCH3 is 1. The molecule has 0 spiro atoms. The van der Waals surface area contributed by atoms with Gasteiger partial charge in [0.15, 0.2) is 0 Å². The molecule has 1 N–H and O–H groups in total. The summed E-state index contributed by atoms with van der Waals surface area (Å²) >= 11 is 0. The van der Waals surface area contributed by atoms with Crippen LogP contribution in [-0.2, 0) is 0 Å². The SMILES string of the molecule is COc1ccc2[nH]c3c(C)nc(C#N)cc3c2c1C. The number of aromatic nitrogens is 2. The molecule has 0 saturated heterocycles. The number of H-pyrrole nitrogens is 1. The van der Waals surface area contributed by atoms with E-state index >= 15 is 0 Å². The van der Waals surface area contributed by atoms with E-state index in [4.69, 9.17) is 10.00 Å². The van der Waals surface area contributed by atoms with E-state index in [1.807, 2.05) is 32.0 Å². The van der Waals surface area contributed by atoms with Crippen LogP contribution in [0.1, 0.15) is 17.0 Å². The first kappa shape index (κ1) is 11.5. The lowest BCUT2D eigenvalue weighted by atomic mass is 10.1. The van der Waals surface area contributed by atoms with Gasteiger partial charge in [0.05, 0.1) is 18.3 Å². The van der Waals surface area contributed by atoms with E-state index in [9.17, 15) is 0 Å². The van der Waals surface area contributed by atoms with Gasteiger partial charge in [0, 0.05) is 21.9 Å². The highest BCUT2D eigenvalue weighted by molar-refractivity contribution is 6.10. The van der Waals surface area contributed by atoms with Crippen LogP contribution in [0.3, 0.4) is 0 Å². The summed E-state index contributed by atoms with van der Waals surface area (Å²) in [5.74, 6) is 0.848. The molecule has 19 heavy (non-hydrogen) atoms. The van der Waals surface area contributed by atoms with Crippen molar-refractivity contribution in [1.82, 2.24) is 9.97 Å². The predicted octanol–water partition coefficient (Wildman–Crippen LogP) is 3.21. The van der Waals surface area contributed by atoms with Gasteiger partial charge in [0.25, 0.3) is 0 Å². The molecular formula is C15H13N3O. The number of aromatic amines is 1. The molecule has 4 heteroatoms. The van der Waals surface area contributed by atoms with Crippen molar-refractivity contribution in [3.8, 4) is 11.8 Å². The first-order valence-corrected chi connectivity index (χ1v) is 6.02. The van der Waals surface area contributed by atoms with Gasteiger partial charge in [0.2, 0.25) is 0 Å². The van der Waals surface area contributed by atoms with Crippen LogP contribution < -0.4 is 4.74 Å². The van der Waals surface area contributed by atoms with Gasteiger partial charge < -0.3 is 9.72 Å². The molecule has 4 nitrogen and oxygen atoms in total. The van der Waals surface area contributed by atoms with Crippen LogP contribution in [-0.4, -0.2) is 17.1 Å². The number of benzene rings is 1. The Morgan fingerprint density at radius 2 is 2.11 bits per heavy atom. The van der Waals surface area contributed by atoms with E-state index in [0.717, 1.165) is 38.8 Å². The number of hydrogen-bond acceptors (Lipinski definition) is 3. The molecule has 2 aromatic heterocycles. The number of nitriles is 1. The summed E-state index contributed by atoms with van der Waals surface area (Å²) in [6.07, 6.45) is 0. The first-order chi connectivity index (χ1) is 9.15. The lowest BCUT2D eigenvalue weighted by Gasteiger charge is -2.05. The fraction of sp³-hybridized carbons (Fsp3) is 0.200. The zero-order valence-electron chi connectivity index (χ0n) is 11.0. The third kappa shape index (κ3) is 1.55. The molecule has 1 aromatic carbocycles. The summed E-state index contributed by atoms with van der Waals surface area (Å²) in [4.78, 5) is 7.63. The van der Waals surface area contributed by atoms with Gasteiger partial charge in [-0.3, -0.25) is 0 Å². The minimum atomic E-state index is 0.438. The second-order valence-electron chi connectivity index (χ2n) is 4.57. The lowest BCUT2D eigenvalue weighted by molar-refractivity contribution is 0.412. The number of nitrogens with one attached hydrogen (secondary N) is 1. The Bertz CT molecular complexity index is 840. The standard InChI is InChI=1S/C15H13N3O/c1-8-13(19-3)5-4-12-14(8)11-6-10(7-16)17-9(2)15(11)18-12/h4-6,18H,1-3H3. The third-order valence-electron chi connectivity index (χ3n) is 3.48. The number of nitrogens with zero attached hydrogens (tertiary/aromatic N) is 2. The van der Waals surface area contributed by atoms with Gasteiger partial charge in [-0.15, -0.1) is 0 Å². The highest BCUT2D eigenvalue weighted by Gasteiger charge is 2.13. The van der Waals surface area contributed by atoms with E-state index in [-0.39, 0.29) is 0 Å². The fourth-order valence-corrected chi connectivity index (χ4v) is 2.58. The quantitative estimate of drug-likeness (QED) is 0.722. The number of fused-ring (bicyclic) bond motifs is 3. The number of pyridine rings is 1. The summed E-state index contributed by atoms with van der Waals surface area (Å²) in [5, 5.41) is 11.2. The van der Waals surface area contributed by atoms with E-state index in [1.165, 1.54) is 0 Å². The molecule has 94 valence electrons. The van der Waals surface area contributed by atoms with Crippen molar-refractivity contribution in [1.29, 1.82) is 5.26 Å². The van der Waals surface area contributed by atoms with E-state index < -0.39 is 0 Å². The maximum absolute atomic E-state index is 9.05. The van der Waals surface area contributed by atoms with Crippen molar-refractivity contribution in [3.05, 3.63) is 35.2 Å². The Balaban J connectivity index is 2.54. The van der Waals surface area contributed by atoms with Crippen molar-refractivity contribution in [3.63, 3.8) is 0 Å². The Labute approximate surface area is 110 Å². The van der Waals surface area contributed by atoms with Crippen molar-refractivity contribution in [2.75, 3.05) is 7.11 Å². The summed E-state index contributed by atoms with van der Waals surface area (Å²) in [7, 11) is 1.66. The monoisotopic (exact) mass is 251 g/mol. The molecule has 0 aliphatic rings. The molecule has 3 rings (SSSR count). The molecule has 3 aromatic rings. The van der Waals surface area contributed by atoms with Gasteiger partial charge in [0.1, 0.15) is 17.5 Å². The molecule has 0 aliphatic carbocycles. The second-order valence-corrected chi connectivity index (χ2v) is 4.57. The molecule has 0 aliphatic heterocycles. The number of ether oxygens (including phenoxy) is 1. The average molecular weight is 251 g/mol. The van der Waals surface area contributed by atoms with Crippen molar-refractivity contribution in [2.45, 2.75) is 13.8 Å². The van der Waals surface area contributed by atoms with Crippen LogP contribution in [0.2, 0.25) is 0 Å². The van der Waals surface area contributed by atoms with Crippen LogP contribution in [0, 0.1) is 25.2 Å². The Morgan fingerprint density at radius 3 is 2.79 bits per heavy atom. The molecule has 0 unspecified atom stereocenters. The van der Waals surface area contributed by atoms with Gasteiger partial charge in [-0.2, -0.15) is 5.26 Å². The third-order valence-corrected chi connectivity index (χ3v) is 3.48. The minimum absolute atomic E-state index is 0.438. The van der Waals surface area contributed by atoms with Gasteiger partial charge in [-0.25, -0.2) is 4.98 Å². The highest BCUT2D eigenvalue weighted by Crippen LogP contribution is 2.34. The van der Waals surface area contributed by atoms with Crippen LogP contribution in [0.5, 0.6) is 5.75 Å². The maximum Gasteiger partial charge on any atom is 0.141 e.